The zero-order valence-corrected chi connectivity index (χ0v) is 9.68. The Kier molecular flexibility index (Phi) is 4.62. The van der Waals surface area contributed by atoms with E-state index >= 15 is 0 Å². The number of pyridine rings is 1. The van der Waals surface area contributed by atoms with Crippen molar-refractivity contribution < 1.29 is 18.3 Å². The van der Waals surface area contributed by atoms with E-state index in [0.717, 1.165) is 6.20 Å². The normalized spacial score (nSPS) is 10.6. The van der Waals surface area contributed by atoms with E-state index in [-0.39, 0.29) is 18.1 Å². The number of rotatable bonds is 4. The predicted octanol–water partition coefficient (Wildman–Crippen LogP) is 2.23. The van der Waals surface area contributed by atoms with Crippen LogP contribution in [0.4, 0.5) is 8.78 Å². The molecule has 0 saturated carbocycles. The molecule has 0 unspecified atom stereocenters. The summed E-state index contributed by atoms with van der Waals surface area (Å²) in [6, 6.07) is 0. The molecule has 94 valence electrons. The van der Waals surface area contributed by atoms with Crippen molar-refractivity contribution >= 4 is 17.6 Å². The summed E-state index contributed by atoms with van der Waals surface area (Å²) in [4.78, 5) is 24.9. The third-order valence-electron chi connectivity index (χ3n) is 2.05. The van der Waals surface area contributed by atoms with Crippen molar-refractivity contribution in [3.8, 4) is 0 Å². The fourth-order valence-electron chi connectivity index (χ4n) is 1.35. The molecule has 4 nitrogen and oxygen atoms in total. The highest BCUT2D eigenvalue weighted by molar-refractivity contribution is 6.17. The van der Waals surface area contributed by atoms with Crippen molar-refractivity contribution in [2.45, 2.75) is 19.2 Å². The van der Waals surface area contributed by atoms with Gasteiger partial charge in [-0.1, -0.05) is 0 Å². The highest BCUT2D eigenvalue weighted by Gasteiger charge is 2.26. The van der Waals surface area contributed by atoms with Gasteiger partial charge in [0.1, 0.15) is 0 Å². The number of aromatic amines is 1. The highest BCUT2D eigenvalue weighted by atomic mass is 35.5. The molecule has 7 heteroatoms. The number of H-pyrrole nitrogens is 1. The fourth-order valence-corrected chi connectivity index (χ4v) is 1.56. The van der Waals surface area contributed by atoms with E-state index in [2.05, 4.69) is 9.72 Å². The molecule has 0 saturated heterocycles. The largest absolute Gasteiger partial charge is 0.462 e. The van der Waals surface area contributed by atoms with Gasteiger partial charge in [-0.05, 0) is 12.5 Å². The van der Waals surface area contributed by atoms with Crippen molar-refractivity contribution in [2.24, 2.45) is 0 Å². The standard InChI is InChI=1S/C10H10ClF2NO3/c1-2-17-10(16)6-5(3-11)4-14-9(15)7(6)8(12)13/h4,8H,2-3H2,1H3,(H,14,15). The third-order valence-corrected chi connectivity index (χ3v) is 2.34. The van der Waals surface area contributed by atoms with E-state index in [1.807, 2.05) is 0 Å². The smallest absolute Gasteiger partial charge is 0.339 e. The van der Waals surface area contributed by atoms with Crippen molar-refractivity contribution in [1.82, 2.24) is 4.98 Å². The van der Waals surface area contributed by atoms with E-state index in [4.69, 9.17) is 11.6 Å². The van der Waals surface area contributed by atoms with E-state index in [1.54, 1.807) is 0 Å². The summed E-state index contributed by atoms with van der Waals surface area (Å²) in [5.74, 6) is -1.14. The van der Waals surface area contributed by atoms with Gasteiger partial charge in [0.15, 0.2) is 0 Å². The monoisotopic (exact) mass is 265 g/mol. The number of alkyl halides is 3. The quantitative estimate of drug-likeness (QED) is 0.671. The van der Waals surface area contributed by atoms with Crippen LogP contribution in [0.15, 0.2) is 11.0 Å². The molecule has 1 rings (SSSR count). The van der Waals surface area contributed by atoms with E-state index < -0.39 is 29.1 Å². The first kappa shape index (κ1) is 13.6. The molecule has 1 N–H and O–H groups in total. The van der Waals surface area contributed by atoms with Crippen LogP contribution in [0, 0.1) is 0 Å². The first-order valence-electron chi connectivity index (χ1n) is 4.78. The average molecular weight is 266 g/mol. The van der Waals surface area contributed by atoms with Crippen LogP contribution in [0.1, 0.15) is 34.8 Å². The molecule has 0 bridgehead atoms. The van der Waals surface area contributed by atoms with Crippen LogP contribution in [0.3, 0.4) is 0 Å². The summed E-state index contributed by atoms with van der Waals surface area (Å²) in [5, 5.41) is 0. The Morgan fingerprint density at radius 1 is 1.59 bits per heavy atom. The molecule has 0 atom stereocenters. The minimum Gasteiger partial charge on any atom is -0.462 e. The number of hydrogen-bond acceptors (Lipinski definition) is 3. The summed E-state index contributed by atoms with van der Waals surface area (Å²) < 4.78 is 30.1. The first-order valence-corrected chi connectivity index (χ1v) is 5.32. The topological polar surface area (TPSA) is 59.2 Å². The third kappa shape index (κ3) is 2.82. The van der Waals surface area contributed by atoms with Crippen LogP contribution in [0.2, 0.25) is 0 Å². The van der Waals surface area contributed by atoms with Gasteiger partial charge in [0.2, 0.25) is 0 Å². The zero-order chi connectivity index (χ0) is 13.0. The second kappa shape index (κ2) is 5.77. The van der Waals surface area contributed by atoms with Gasteiger partial charge in [-0.2, -0.15) is 0 Å². The van der Waals surface area contributed by atoms with Crippen LogP contribution < -0.4 is 5.56 Å². The molecule has 0 aliphatic carbocycles. The Hall–Kier alpha value is -1.43. The van der Waals surface area contributed by atoms with Gasteiger partial charge in [0, 0.05) is 12.1 Å². The SMILES string of the molecule is CCOC(=O)c1c(CCl)c[nH]c(=O)c1C(F)F. The number of nitrogens with one attached hydrogen (secondary N) is 1. The maximum Gasteiger partial charge on any atom is 0.339 e. The molecular formula is C10H10ClF2NO3. The summed E-state index contributed by atoms with van der Waals surface area (Å²) in [6.07, 6.45) is -1.94. The summed E-state index contributed by atoms with van der Waals surface area (Å²) in [7, 11) is 0. The molecular weight excluding hydrogens is 256 g/mol. The number of halogens is 3. The Morgan fingerprint density at radius 3 is 2.71 bits per heavy atom. The summed E-state index contributed by atoms with van der Waals surface area (Å²) >= 11 is 5.53. The summed E-state index contributed by atoms with van der Waals surface area (Å²) in [6.45, 7) is 1.56. The van der Waals surface area contributed by atoms with Gasteiger partial charge in [0.25, 0.3) is 12.0 Å². The molecule has 0 radical (unpaired) electrons. The van der Waals surface area contributed by atoms with Gasteiger partial charge in [0.05, 0.1) is 17.7 Å². The number of hydrogen-bond donors (Lipinski definition) is 1. The predicted molar refractivity (Wildman–Crippen MR) is 57.5 cm³/mol. The molecule has 0 fully saturated rings. The minimum atomic E-state index is -3.07. The Bertz CT molecular complexity index is 473. The van der Waals surface area contributed by atoms with Gasteiger partial charge in [-0.15, -0.1) is 11.6 Å². The van der Waals surface area contributed by atoms with Gasteiger partial charge in [-0.3, -0.25) is 4.79 Å². The second-order valence-corrected chi connectivity index (χ2v) is 3.35. The Balaban J connectivity index is 3.45. The maximum atomic E-state index is 12.7. The molecule has 0 spiro atoms. The number of esters is 1. The van der Waals surface area contributed by atoms with E-state index in [1.165, 1.54) is 6.92 Å². The second-order valence-electron chi connectivity index (χ2n) is 3.09. The van der Waals surface area contributed by atoms with E-state index in [9.17, 15) is 18.4 Å². The molecule has 0 aliphatic rings. The lowest BCUT2D eigenvalue weighted by molar-refractivity contribution is 0.0513. The maximum absolute atomic E-state index is 12.7. The molecule has 1 aromatic rings. The Morgan fingerprint density at radius 2 is 2.24 bits per heavy atom. The minimum absolute atomic E-state index is 0.0238. The Labute approximate surface area is 101 Å². The van der Waals surface area contributed by atoms with Crippen LogP contribution in [-0.4, -0.2) is 17.6 Å². The van der Waals surface area contributed by atoms with Crippen LogP contribution in [-0.2, 0) is 10.6 Å². The molecule has 1 aromatic heterocycles. The lowest BCUT2D eigenvalue weighted by atomic mass is 10.1. The van der Waals surface area contributed by atoms with Gasteiger partial charge >= 0.3 is 5.97 Å². The van der Waals surface area contributed by atoms with Crippen LogP contribution >= 0.6 is 11.6 Å². The van der Waals surface area contributed by atoms with Crippen LogP contribution in [0.25, 0.3) is 0 Å². The lowest BCUT2D eigenvalue weighted by Gasteiger charge is -2.10. The molecule has 1 heterocycles. The molecule has 17 heavy (non-hydrogen) atoms. The van der Waals surface area contributed by atoms with Crippen molar-refractivity contribution in [3.63, 3.8) is 0 Å². The highest BCUT2D eigenvalue weighted by Crippen LogP contribution is 2.23. The summed E-state index contributed by atoms with van der Waals surface area (Å²) in [5.41, 5.74) is -2.25. The zero-order valence-electron chi connectivity index (χ0n) is 8.93. The van der Waals surface area contributed by atoms with E-state index in [0.29, 0.717) is 0 Å². The van der Waals surface area contributed by atoms with Crippen LogP contribution in [0.5, 0.6) is 0 Å². The number of carbonyl (C=O) groups is 1. The number of carbonyl (C=O) groups excluding carboxylic acids is 1. The van der Waals surface area contributed by atoms with Crippen molar-refractivity contribution in [2.75, 3.05) is 6.61 Å². The molecule has 0 amide bonds. The molecule has 0 aromatic carbocycles. The fraction of sp³-hybridized carbons (Fsp3) is 0.400. The van der Waals surface area contributed by atoms with Gasteiger partial charge < -0.3 is 9.72 Å². The number of aromatic nitrogens is 1. The lowest BCUT2D eigenvalue weighted by Crippen LogP contribution is -2.22. The van der Waals surface area contributed by atoms with Gasteiger partial charge in [-0.25, -0.2) is 13.6 Å². The van der Waals surface area contributed by atoms with Crippen molar-refractivity contribution in [3.05, 3.63) is 33.2 Å². The molecule has 0 aliphatic heterocycles. The average Bonchev–Trinajstić information content (AvgIpc) is 2.28. The van der Waals surface area contributed by atoms with Crippen molar-refractivity contribution in [1.29, 1.82) is 0 Å². The number of ether oxygens (including phenoxy) is 1. The first-order chi connectivity index (χ1) is 8.02.